The first-order valence-corrected chi connectivity index (χ1v) is 10.5. The van der Waals surface area contributed by atoms with Gasteiger partial charge in [0.25, 0.3) is 11.8 Å². The van der Waals surface area contributed by atoms with Crippen LogP contribution in [0.5, 0.6) is 0 Å². The van der Waals surface area contributed by atoms with Crippen LogP contribution in [-0.4, -0.2) is 27.8 Å². The number of ketones is 1. The minimum Gasteiger partial charge on any atom is -0.322 e. The van der Waals surface area contributed by atoms with E-state index in [2.05, 4.69) is 20.8 Å². The molecule has 1 aromatic heterocycles. The molecule has 29 heavy (non-hydrogen) atoms. The summed E-state index contributed by atoms with van der Waals surface area (Å²) in [5, 5.41) is 15.1. The van der Waals surface area contributed by atoms with E-state index in [1.54, 1.807) is 31.2 Å². The van der Waals surface area contributed by atoms with Crippen LogP contribution in [-0.2, 0) is 9.59 Å². The third-order valence-electron chi connectivity index (χ3n) is 4.88. The first kappa shape index (κ1) is 20.9. The van der Waals surface area contributed by atoms with E-state index in [4.69, 9.17) is 0 Å². The molecule has 0 spiro atoms. The highest BCUT2D eigenvalue weighted by Crippen LogP contribution is 2.35. The zero-order chi connectivity index (χ0) is 20.8. The number of nitrogens with one attached hydrogen (secondary N) is 2. The van der Waals surface area contributed by atoms with Crippen LogP contribution in [0.4, 0.5) is 10.8 Å². The van der Waals surface area contributed by atoms with Gasteiger partial charge in [0, 0.05) is 28.8 Å². The number of carbonyl (C=O) groups excluding carboxylic acids is 3. The summed E-state index contributed by atoms with van der Waals surface area (Å²) in [6.07, 6.45) is 7.16. The molecule has 152 valence electrons. The highest BCUT2D eigenvalue weighted by molar-refractivity contribution is 7.15. The zero-order valence-electron chi connectivity index (χ0n) is 16.5. The van der Waals surface area contributed by atoms with E-state index < -0.39 is 11.8 Å². The SMILES string of the molecule is CC(=O)c1ccc(NC(=O)/C(C)=C\C(=O)Nc2nnc(C3CCCCC3)s2)cc1. The Morgan fingerprint density at radius 2 is 1.69 bits per heavy atom. The lowest BCUT2D eigenvalue weighted by Crippen LogP contribution is -2.16. The Balaban J connectivity index is 1.56. The van der Waals surface area contributed by atoms with Gasteiger partial charge in [0.15, 0.2) is 5.78 Å². The molecule has 8 heteroatoms. The maximum Gasteiger partial charge on any atom is 0.251 e. The van der Waals surface area contributed by atoms with Crippen LogP contribution in [0, 0.1) is 0 Å². The maximum atomic E-state index is 12.3. The maximum absolute atomic E-state index is 12.3. The van der Waals surface area contributed by atoms with Gasteiger partial charge in [0.05, 0.1) is 0 Å². The molecule has 1 aromatic carbocycles. The molecule has 7 nitrogen and oxygen atoms in total. The lowest BCUT2D eigenvalue weighted by atomic mass is 9.90. The Labute approximate surface area is 173 Å². The van der Waals surface area contributed by atoms with Gasteiger partial charge in [0.2, 0.25) is 5.13 Å². The highest BCUT2D eigenvalue weighted by atomic mass is 32.1. The number of hydrogen-bond acceptors (Lipinski definition) is 6. The summed E-state index contributed by atoms with van der Waals surface area (Å²) in [6, 6.07) is 6.58. The fraction of sp³-hybridized carbons (Fsp3) is 0.381. The molecule has 2 amide bonds. The minimum absolute atomic E-state index is 0.0426. The lowest BCUT2D eigenvalue weighted by Gasteiger charge is -2.18. The van der Waals surface area contributed by atoms with Gasteiger partial charge >= 0.3 is 0 Å². The van der Waals surface area contributed by atoms with Crippen molar-refractivity contribution in [2.45, 2.75) is 51.9 Å². The van der Waals surface area contributed by atoms with Gasteiger partial charge in [-0.2, -0.15) is 0 Å². The van der Waals surface area contributed by atoms with Crippen molar-refractivity contribution >= 4 is 39.8 Å². The molecule has 0 aliphatic heterocycles. The molecule has 1 aliphatic rings. The Morgan fingerprint density at radius 1 is 1.00 bits per heavy atom. The van der Waals surface area contributed by atoms with Crippen molar-refractivity contribution in [1.82, 2.24) is 10.2 Å². The van der Waals surface area contributed by atoms with Gasteiger partial charge in [0.1, 0.15) is 5.01 Å². The standard InChI is InChI=1S/C21H24N4O3S/c1-13(19(28)22-17-10-8-15(9-11-17)14(2)26)12-18(27)23-21-25-24-20(29-21)16-6-4-3-5-7-16/h8-12,16H,3-7H2,1-2H3,(H,22,28)(H,23,25,27)/b13-12-. The predicted molar refractivity (Wildman–Crippen MR) is 113 cm³/mol. The molecule has 1 fully saturated rings. The number of anilines is 2. The van der Waals surface area contributed by atoms with E-state index in [1.807, 2.05) is 0 Å². The Kier molecular flexibility index (Phi) is 6.87. The quantitative estimate of drug-likeness (QED) is 0.544. The summed E-state index contributed by atoms with van der Waals surface area (Å²) in [5.74, 6) is -0.421. The molecule has 2 aromatic rings. The highest BCUT2D eigenvalue weighted by Gasteiger charge is 2.20. The molecule has 0 bridgehead atoms. The van der Waals surface area contributed by atoms with Crippen molar-refractivity contribution in [1.29, 1.82) is 0 Å². The van der Waals surface area contributed by atoms with Crippen molar-refractivity contribution < 1.29 is 14.4 Å². The van der Waals surface area contributed by atoms with E-state index >= 15 is 0 Å². The van der Waals surface area contributed by atoms with Gasteiger partial charge < -0.3 is 5.32 Å². The summed E-state index contributed by atoms with van der Waals surface area (Å²) in [7, 11) is 0. The zero-order valence-corrected chi connectivity index (χ0v) is 17.3. The number of hydrogen-bond donors (Lipinski definition) is 2. The molecule has 0 atom stereocenters. The van der Waals surface area contributed by atoms with Gasteiger partial charge in [-0.1, -0.05) is 30.6 Å². The van der Waals surface area contributed by atoms with Crippen molar-refractivity contribution in [3.05, 3.63) is 46.5 Å². The third kappa shape index (κ3) is 5.80. The normalized spacial score (nSPS) is 15.0. The number of nitrogens with zero attached hydrogens (tertiary/aromatic N) is 2. The fourth-order valence-corrected chi connectivity index (χ4v) is 4.14. The summed E-state index contributed by atoms with van der Waals surface area (Å²) in [5.41, 5.74) is 1.38. The van der Waals surface area contributed by atoms with Crippen LogP contribution >= 0.6 is 11.3 Å². The second kappa shape index (κ2) is 9.56. The van der Waals surface area contributed by atoms with E-state index in [1.165, 1.54) is 43.6 Å². The second-order valence-corrected chi connectivity index (χ2v) is 8.19. The number of aromatic nitrogens is 2. The first-order valence-electron chi connectivity index (χ1n) is 9.67. The number of amides is 2. The van der Waals surface area contributed by atoms with Crippen molar-refractivity contribution in [2.75, 3.05) is 10.6 Å². The summed E-state index contributed by atoms with van der Waals surface area (Å²) >= 11 is 1.40. The van der Waals surface area contributed by atoms with Crippen LogP contribution in [0.2, 0.25) is 0 Å². The van der Waals surface area contributed by atoms with Crippen LogP contribution < -0.4 is 10.6 Å². The molecular weight excluding hydrogens is 388 g/mol. The Bertz CT molecular complexity index is 928. The molecule has 0 unspecified atom stereocenters. The molecule has 1 heterocycles. The molecule has 3 rings (SSSR count). The van der Waals surface area contributed by atoms with E-state index in [0.717, 1.165) is 17.8 Å². The topological polar surface area (TPSA) is 101 Å². The number of benzene rings is 1. The molecular formula is C21H24N4O3S. The average Bonchev–Trinajstić information content (AvgIpc) is 3.17. The summed E-state index contributed by atoms with van der Waals surface area (Å²) in [4.78, 5) is 35.8. The van der Waals surface area contributed by atoms with Crippen LogP contribution in [0.15, 0.2) is 35.9 Å². The molecule has 1 aliphatic carbocycles. The van der Waals surface area contributed by atoms with Crippen molar-refractivity contribution in [3.63, 3.8) is 0 Å². The average molecular weight is 413 g/mol. The summed E-state index contributed by atoms with van der Waals surface area (Å²) < 4.78 is 0. The van der Waals surface area contributed by atoms with E-state index in [0.29, 0.717) is 22.3 Å². The fourth-order valence-electron chi connectivity index (χ4n) is 3.22. The largest absolute Gasteiger partial charge is 0.322 e. The van der Waals surface area contributed by atoms with Gasteiger partial charge in [-0.05, 0) is 51.0 Å². The molecule has 0 saturated heterocycles. The number of Topliss-reactive ketones (excluding diaryl/α,β-unsaturated/α-hetero) is 1. The van der Waals surface area contributed by atoms with Gasteiger partial charge in [-0.15, -0.1) is 10.2 Å². The molecule has 0 radical (unpaired) electrons. The summed E-state index contributed by atoms with van der Waals surface area (Å²) in [6.45, 7) is 3.04. The van der Waals surface area contributed by atoms with Crippen LogP contribution in [0.25, 0.3) is 0 Å². The first-order chi connectivity index (χ1) is 13.9. The smallest absolute Gasteiger partial charge is 0.251 e. The van der Waals surface area contributed by atoms with E-state index in [9.17, 15) is 14.4 Å². The second-order valence-electron chi connectivity index (χ2n) is 7.18. The van der Waals surface area contributed by atoms with Crippen LogP contribution in [0.1, 0.15) is 67.2 Å². The monoisotopic (exact) mass is 412 g/mol. The molecule has 2 N–H and O–H groups in total. The lowest BCUT2D eigenvalue weighted by molar-refractivity contribution is -0.114. The van der Waals surface area contributed by atoms with Crippen LogP contribution in [0.3, 0.4) is 0 Å². The molecule has 1 saturated carbocycles. The Hall–Kier alpha value is -2.87. The number of rotatable bonds is 6. The van der Waals surface area contributed by atoms with Gasteiger partial charge in [-0.3, -0.25) is 19.7 Å². The predicted octanol–water partition coefficient (Wildman–Crippen LogP) is 4.31. The Morgan fingerprint density at radius 3 is 2.34 bits per heavy atom. The van der Waals surface area contributed by atoms with E-state index in [-0.39, 0.29) is 11.4 Å². The van der Waals surface area contributed by atoms with Gasteiger partial charge in [-0.25, -0.2) is 0 Å². The number of carbonyl (C=O) groups is 3. The third-order valence-corrected chi connectivity index (χ3v) is 5.88. The van der Waals surface area contributed by atoms with Crippen molar-refractivity contribution in [2.24, 2.45) is 0 Å². The van der Waals surface area contributed by atoms with Crippen molar-refractivity contribution in [3.8, 4) is 0 Å². The minimum atomic E-state index is -0.420.